The number of carbonyl (C=O) groups is 2. The zero-order chi connectivity index (χ0) is 24.0. The molecule has 1 saturated carbocycles. The fraction of sp³-hybridized carbons (Fsp3) is 0.464. The average molecular weight is 475 g/mol. The Kier molecular flexibility index (Phi) is 7.42. The molecule has 3 heterocycles. The molecule has 0 unspecified atom stereocenters. The Morgan fingerprint density at radius 2 is 2.00 bits per heavy atom. The summed E-state index contributed by atoms with van der Waals surface area (Å²) >= 11 is 0. The number of ether oxygens (including phenoxy) is 1. The summed E-state index contributed by atoms with van der Waals surface area (Å²) < 4.78 is 6.14. The first-order chi connectivity index (χ1) is 17.1. The summed E-state index contributed by atoms with van der Waals surface area (Å²) in [5.74, 6) is 1.48. The summed E-state index contributed by atoms with van der Waals surface area (Å²) in [6.45, 7) is 3.37. The summed E-state index contributed by atoms with van der Waals surface area (Å²) in [5, 5.41) is 3.12. The second-order valence-corrected chi connectivity index (χ2v) is 9.95. The minimum absolute atomic E-state index is 0.130. The highest BCUT2D eigenvalue weighted by Gasteiger charge is 2.33. The summed E-state index contributed by atoms with van der Waals surface area (Å²) in [4.78, 5) is 34.4. The number of pyridine rings is 1. The van der Waals surface area contributed by atoms with Crippen molar-refractivity contribution in [2.75, 3.05) is 26.2 Å². The third kappa shape index (κ3) is 6.48. The van der Waals surface area contributed by atoms with Gasteiger partial charge in [-0.15, -0.1) is 0 Å². The van der Waals surface area contributed by atoms with E-state index in [1.807, 2.05) is 47.5 Å². The van der Waals surface area contributed by atoms with Crippen molar-refractivity contribution < 1.29 is 14.3 Å². The molecule has 35 heavy (non-hydrogen) atoms. The number of piperidine rings is 1. The van der Waals surface area contributed by atoms with Gasteiger partial charge in [0.25, 0.3) is 0 Å². The molecule has 5 rings (SSSR count). The van der Waals surface area contributed by atoms with E-state index in [-0.39, 0.29) is 23.7 Å². The molecule has 0 spiro atoms. The summed E-state index contributed by atoms with van der Waals surface area (Å²) in [6.07, 6.45) is 11.4. The van der Waals surface area contributed by atoms with Gasteiger partial charge >= 0.3 is 0 Å². The summed E-state index contributed by atoms with van der Waals surface area (Å²) in [6, 6.07) is 12.4. The number of para-hydroxylation sites is 1. The first-order valence-electron chi connectivity index (χ1n) is 12.7. The maximum atomic E-state index is 13.5. The molecule has 1 aromatic heterocycles. The zero-order valence-electron chi connectivity index (χ0n) is 20.1. The highest BCUT2D eigenvalue weighted by Crippen LogP contribution is 2.30. The number of rotatable bonds is 5. The zero-order valence-corrected chi connectivity index (χ0v) is 20.1. The maximum absolute atomic E-state index is 13.5. The second kappa shape index (κ2) is 11.0. The Balaban J connectivity index is 1.35. The van der Waals surface area contributed by atoms with E-state index in [2.05, 4.69) is 27.3 Å². The van der Waals surface area contributed by atoms with E-state index in [0.717, 1.165) is 36.1 Å². The predicted molar refractivity (Wildman–Crippen MR) is 133 cm³/mol. The molecule has 1 aliphatic carbocycles. The van der Waals surface area contributed by atoms with Crippen LogP contribution in [0.4, 0.5) is 0 Å². The Morgan fingerprint density at radius 3 is 2.83 bits per heavy atom. The van der Waals surface area contributed by atoms with Crippen molar-refractivity contribution >= 4 is 11.8 Å². The van der Waals surface area contributed by atoms with Gasteiger partial charge in [-0.05, 0) is 48.8 Å². The number of nitrogens with one attached hydrogen (secondary N) is 1. The van der Waals surface area contributed by atoms with Crippen LogP contribution < -0.4 is 10.1 Å². The molecule has 2 fully saturated rings. The number of hydrogen-bond acceptors (Lipinski definition) is 5. The number of benzene rings is 1. The van der Waals surface area contributed by atoms with Gasteiger partial charge in [0.05, 0.1) is 6.54 Å². The van der Waals surface area contributed by atoms with Gasteiger partial charge in [0.15, 0.2) is 0 Å². The first-order valence-corrected chi connectivity index (χ1v) is 12.7. The van der Waals surface area contributed by atoms with E-state index in [1.54, 1.807) is 6.20 Å². The SMILES string of the molecule is O=C(C[C@@H]1CCN2C[C@@H]1/C=C/COc1ccccc1CN(Cc1cccnc1)CC2=O)NC1CC1. The van der Waals surface area contributed by atoms with Crippen molar-refractivity contribution in [1.82, 2.24) is 20.1 Å². The number of aromatic nitrogens is 1. The van der Waals surface area contributed by atoms with Crippen LogP contribution in [0.15, 0.2) is 60.9 Å². The van der Waals surface area contributed by atoms with Gasteiger partial charge in [-0.2, -0.15) is 0 Å². The minimum Gasteiger partial charge on any atom is -0.489 e. The van der Waals surface area contributed by atoms with Crippen molar-refractivity contribution in [2.24, 2.45) is 11.8 Å². The fourth-order valence-electron chi connectivity index (χ4n) is 5.07. The van der Waals surface area contributed by atoms with Gasteiger partial charge in [-0.1, -0.05) is 36.4 Å². The number of hydrogen-bond donors (Lipinski definition) is 1. The summed E-state index contributed by atoms with van der Waals surface area (Å²) in [5.41, 5.74) is 2.13. The number of carbonyl (C=O) groups excluding carboxylic acids is 2. The molecule has 1 aromatic carbocycles. The van der Waals surface area contributed by atoms with Crippen LogP contribution in [0.5, 0.6) is 5.75 Å². The lowest BCUT2D eigenvalue weighted by Gasteiger charge is -2.38. The van der Waals surface area contributed by atoms with Crippen LogP contribution in [-0.4, -0.2) is 58.9 Å². The molecule has 1 saturated heterocycles. The van der Waals surface area contributed by atoms with Gasteiger partial charge in [-0.25, -0.2) is 0 Å². The molecular formula is C28H34N4O3. The molecule has 2 amide bonds. The van der Waals surface area contributed by atoms with Gasteiger partial charge in [-0.3, -0.25) is 19.5 Å². The molecule has 0 radical (unpaired) electrons. The van der Waals surface area contributed by atoms with E-state index in [1.165, 1.54) is 0 Å². The third-order valence-corrected chi connectivity index (χ3v) is 7.12. The largest absolute Gasteiger partial charge is 0.489 e. The standard InChI is InChI=1S/C28H34N4O3/c33-27(30-25-9-10-25)15-22-11-13-32-19-23(22)7-4-14-35-26-8-2-1-6-24(26)18-31(20-28(32)34)17-21-5-3-12-29-16-21/h1-8,12,16,22-23,25H,9-11,13-15,17-20H2,(H,30,33)/b7-4+/t22-,23-/m0/s1. The molecule has 7 heteroatoms. The minimum atomic E-state index is 0.130. The first kappa shape index (κ1) is 23.5. The molecule has 2 bridgehead atoms. The molecule has 1 N–H and O–H groups in total. The molecule has 2 aromatic rings. The van der Waals surface area contributed by atoms with E-state index in [0.29, 0.717) is 51.8 Å². The van der Waals surface area contributed by atoms with E-state index in [4.69, 9.17) is 4.74 Å². The van der Waals surface area contributed by atoms with Crippen LogP contribution in [0.3, 0.4) is 0 Å². The van der Waals surface area contributed by atoms with E-state index in [9.17, 15) is 9.59 Å². The average Bonchev–Trinajstić information content (AvgIpc) is 3.67. The third-order valence-electron chi connectivity index (χ3n) is 7.12. The van der Waals surface area contributed by atoms with Crippen molar-refractivity contribution in [3.63, 3.8) is 0 Å². The lowest BCUT2D eigenvalue weighted by atomic mass is 9.82. The van der Waals surface area contributed by atoms with E-state index >= 15 is 0 Å². The van der Waals surface area contributed by atoms with Gasteiger partial charge < -0.3 is 15.0 Å². The topological polar surface area (TPSA) is 74.8 Å². The fourth-order valence-corrected chi connectivity index (χ4v) is 5.07. The monoisotopic (exact) mass is 474 g/mol. The van der Waals surface area contributed by atoms with Gasteiger partial charge in [0.2, 0.25) is 11.8 Å². The lowest BCUT2D eigenvalue weighted by Crippen LogP contribution is -2.47. The van der Waals surface area contributed by atoms with Gasteiger partial charge in [0, 0.05) is 56.6 Å². The van der Waals surface area contributed by atoms with Gasteiger partial charge in [0.1, 0.15) is 12.4 Å². The normalized spacial score (nSPS) is 24.2. The summed E-state index contributed by atoms with van der Waals surface area (Å²) in [7, 11) is 0. The highest BCUT2D eigenvalue weighted by atomic mass is 16.5. The van der Waals surface area contributed by atoms with Crippen LogP contribution in [0.2, 0.25) is 0 Å². The highest BCUT2D eigenvalue weighted by molar-refractivity contribution is 5.79. The molecule has 2 atom stereocenters. The quantitative estimate of drug-likeness (QED) is 0.674. The molecule has 7 nitrogen and oxygen atoms in total. The lowest BCUT2D eigenvalue weighted by molar-refractivity contribution is -0.135. The van der Waals surface area contributed by atoms with Crippen molar-refractivity contribution in [1.29, 1.82) is 0 Å². The van der Waals surface area contributed by atoms with Crippen LogP contribution >= 0.6 is 0 Å². The Bertz CT molecular complexity index is 1050. The number of amides is 2. The van der Waals surface area contributed by atoms with Crippen LogP contribution in [-0.2, 0) is 22.7 Å². The number of fused-ring (bicyclic) bond motifs is 3. The molecule has 184 valence electrons. The Labute approximate surface area is 207 Å². The van der Waals surface area contributed by atoms with Crippen LogP contribution in [0.1, 0.15) is 36.8 Å². The molecular weight excluding hydrogens is 440 g/mol. The maximum Gasteiger partial charge on any atom is 0.236 e. The van der Waals surface area contributed by atoms with Crippen molar-refractivity contribution in [3.05, 3.63) is 72.1 Å². The predicted octanol–water partition coefficient (Wildman–Crippen LogP) is 3.17. The van der Waals surface area contributed by atoms with E-state index < -0.39 is 0 Å². The Morgan fingerprint density at radius 1 is 1.11 bits per heavy atom. The van der Waals surface area contributed by atoms with Crippen LogP contribution in [0, 0.1) is 11.8 Å². The smallest absolute Gasteiger partial charge is 0.236 e. The molecule has 3 aliphatic rings. The Hall–Kier alpha value is -3.19. The van der Waals surface area contributed by atoms with Crippen LogP contribution in [0.25, 0.3) is 0 Å². The van der Waals surface area contributed by atoms with Crippen molar-refractivity contribution in [2.45, 2.75) is 44.8 Å². The number of nitrogens with zero attached hydrogens (tertiary/aromatic N) is 3. The van der Waals surface area contributed by atoms with Crippen molar-refractivity contribution in [3.8, 4) is 5.75 Å². The second-order valence-electron chi connectivity index (χ2n) is 9.95. The molecule has 2 aliphatic heterocycles.